The minimum atomic E-state index is -0.0865. The summed E-state index contributed by atoms with van der Waals surface area (Å²) in [5.74, 6) is 0.527. The second kappa shape index (κ2) is 8.10. The number of hydrogen-bond acceptors (Lipinski definition) is 6. The summed E-state index contributed by atoms with van der Waals surface area (Å²) in [6.07, 6.45) is 5.51. The van der Waals surface area contributed by atoms with Gasteiger partial charge in [-0.25, -0.2) is 15.0 Å². The lowest BCUT2D eigenvalue weighted by Gasteiger charge is -2.27. The van der Waals surface area contributed by atoms with Crippen LogP contribution in [-0.4, -0.2) is 31.4 Å². The van der Waals surface area contributed by atoms with Gasteiger partial charge in [-0.3, -0.25) is 9.69 Å². The van der Waals surface area contributed by atoms with Crippen LogP contribution in [0.5, 0.6) is 0 Å². The number of nitrogens with zero attached hydrogens (tertiary/aromatic N) is 4. The van der Waals surface area contributed by atoms with Crippen LogP contribution in [-0.2, 0) is 19.5 Å². The molecule has 0 radical (unpaired) electrons. The summed E-state index contributed by atoms with van der Waals surface area (Å²) in [5.41, 5.74) is 3.40. The molecule has 4 aromatic rings. The molecule has 1 aliphatic heterocycles. The minimum Gasteiger partial charge on any atom is -0.306 e. The first-order chi connectivity index (χ1) is 14.7. The number of hydrogen-bond donors (Lipinski definition) is 1. The van der Waals surface area contributed by atoms with Crippen molar-refractivity contribution in [3.63, 3.8) is 0 Å². The van der Waals surface area contributed by atoms with E-state index < -0.39 is 0 Å². The van der Waals surface area contributed by atoms with Crippen LogP contribution in [0, 0.1) is 0 Å². The smallest absolute Gasteiger partial charge is 0.255 e. The van der Waals surface area contributed by atoms with Gasteiger partial charge in [-0.1, -0.05) is 23.7 Å². The van der Waals surface area contributed by atoms with Crippen LogP contribution in [0.1, 0.15) is 16.1 Å². The summed E-state index contributed by atoms with van der Waals surface area (Å²) in [6, 6.07) is 12.2. The van der Waals surface area contributed by atoms with Crippen molar-refractivity contribution in [2.24, 2.45) is 0 Å². The zero-order chi connectivity index (χ0) is 20.5. The fraction of sp³-hybridized carbons (Fsp3) is 0.182. The van der Waals surface area contributed by atoms with Gasteiger partial charge in [0.1, 0.15) is 12.2 Å². The zero-order valence-electron chi connectivity index (χ0n) is 16.0. The quantitative estimate of drug-likeness (QED) is 0.520. The van der Waals surface area contributed by atoms with Crippen LogP contribution < -0.4 is 5.56 Å². The van der Waals surface area contributed by atoms with Crippen LogP contribution in [0.15, 0.2) is 59.9 Å². The summed E-state index contributed by atoms with van der Waals surface area (Å²) in [4.78, 5) is 33.0. The molecule has 0 fully saturated rings. The largest absolute Gasteiger partial charge is 0.306 e. The Bertz CT molecular complexity index is 1240. The van der Waals surface area contributed by atoms with Crippen molar-refractivity contribution in [1.29, 1.82) is 0 Å². The van der Waals surface area contributed by atoms with E-state index in [9.17, 15) is 4.79 Å². The molecule has 150 valence electrons. The molecule has 0 saturated heterocycles. The zero-order valence-corrected chi connectivity index (χ0v) is 17.6. The molecule has 1 aromatic carbocycles. The predicted octanol–water partition coefficient (Wildman–Crippen LogP) is 4.17. The molecule has 0 atom stereocenters. The lowest BCUT2D eigenvalue weighted by Crippen LogP contribution is -2.35. The van der Waals surface area contributed by atoms with Gasteiger partial charge < -0.3 is 4.98 Å². The van der Waals surface area contributed by atoms with E-state index in [0.717, 1.165) is 41.4 Å². The number of thiophene rings is 1. The average Bonchev–Trinajstić information content (AvgIpc) is 3.23. The topological polar surface area (TPSA) is 74.8 Å². The predicted molar refractivity (Wildman–Crippen MR) is 118 cm³/mol. The SMILES string of the molecule is O=c1[nH]c(-c2cncnc2)nc2c1CN(Cc1ccc(-c3ccc(Cl)cc3)s1)CC2. The van der Waals surface area contributed by atoms with Crippen molar-refractivity contribution in [2.75, 3.05) is 6.54 Å². The molecule has 0 saturated carbocycles. The van der Waals surface area contributed by atoms with Gasteiger partial charge in [0.15, 0.2) is 0 Å². The van der Waals surface area contributed by atoms with E-state index in [-0.39, 0.29) is 5.56 Å². The molecule has 4 heterocycles. The number of benzene rings is 1. The van der Waals surface area contributed by atoms with E-state index >= 15 is 0 Å². The van der Waals surface area contributed by atoms with Crippen LogP contribution in [0.3, 0.4) is 0 Å². The lowest BCUT2D eigenvalue weighted by atomic mass is 10.1. The number of rotatable bonds is 4. The summed E-state index contributed by atoms with van der Waals surface area (Å²) >= 11 is 7.76. The van der Waals surface area contributed by atoms with Gasteiger partial charge in [0.05, 0.1) is 16.8 Å². The van der Waals surface area contributed by atoms with Gasteiger partial charge in [-0.15, -0.1) is 11.3 Å². The molecule has 1 aliphatic rings. The van der Waals surface area contributed by atoms with E-state index in [0.29, 0.717) is 17.9 Å². The first-order valence-electron chi connectivity index (χ1n) is 9.60. The van der Waals surface area contributed by atoms with Crippen LogP contribution in [0.25, 0.3) is 21.8 Å². The number of H-pyrrole nitrogens is 1. The standard InChI is InChI=1S/C22H18ClN5OS/c23-16-3-1-14(2-4-16)20-6-5-17(30-20)11-28-8-7-19-18(12-28)22(29)27-21(26-19)15-9-24-13-25-10-15/h1-6,9-10,13H,7-8,11-12H2,(H,26,27,29). The number of fused-ring (bicyclic) bond motifs is 1. The van der Waals surface area contributed by atoms with Crippen LogP contribution in [0.4, 0.5) is 0 Å². The molecule has 0 unspecified atom stereocenters. The van der Waals surface area contributed by atoms with Gasteiger partial charge >= 0.3 is 0 Å². The Morgan fingerprint density at radius 2 is 1.87 bits per heavy atom. The van der Waals surface area contributed by atoms with E-state index in [1.54, 1.807) is 23.7 Å². The Kier molecular flexibility index (Phi) is 5.16. The monoisotopic (exact) mass is 435 g/mol. The van der Waals surface area contributed by atoms with Crippen LogP contribution in [0.2, 0.25) is 5.02 Å². The molecular formula is C22H18ClN5OS. The Balaban J connectivity index is 1.33. The van der Waals surface area contributed by atoms with E-state index in [1.165, 1.54) is 16.1 Å². The second-order valence-corrected chi connectivity index (χ2v) is 8.81. The summed E-state index contributed by atoms with van der Waals surface area (Å²) < 4.78 is 0. The molecule has 0 bridgehead atoms. The highest BCUT2D eigenvalue weighted by Gasteiger charge is 2.22. The van der Waals surface area contributed by atoms with E-state index in [1.807, 2.05) is 24.3 Å². The highest BCUT2D eigenvalue weighted by Crippen LogP contribution is 2.30. The Hall–Kier alpha value is -2.87. The van der Waals surface area contributed by atoms with Gasteiger partial charge in [-0.05, 0) is 29.8 Å². The fourth-order valence-electron chi connectivity index (χ4n) is 3.63. The van der Waals surface area contributed by atoms with Gasteiger partial charge in [0.2, 0.25) is 0 Å². The van der Waals surface area contributed by atoms with Crippen molar-refractivity contribution in [3.05, 3.63) is 86.6 Å². The molecule has 0 aliphatic carbocycles. The first-order valence-corrected chi connectivity index (χ1v) is 10.8. The van der Waals surface area contributed by atoms with Gasteiger partial charge in [0, 0.05) is 53.2 Å². The third kappa shape index (κ3) is 3.92. The highest BCUT2D eigenvalue weighted by atomic mass is 35.5. The average molecular weight is 436 g/mol. The summed E-state index contributed by atoms with van der Waals surface area (Å²) in [6.45, 7) is 2.27. The maximum atomic E-state index is 12.7. The maximum absolute atomic E-state index is 12.7. The number of aromatic amines is 1. The lowest BCUT2D eigenvalue weighted by molar-refractivity contribution is 0.244. The fourth-order valence-corrected chi connectivity index (χ4v) is 4.81. The third-order valence-electron chi connectivity index (χ3n) is 5.15. The highest BCUT2D eigenvalue weighted by molar-refractivity contribution is 7.15. The molecule has 0 amide bonds. The minimum absolute atomic E-state index is 0.0865. The molecular weight excluding hydrogens is 418 g/mol. The molecule has 5 rings (SSSR count). The van der Waals surface area contributed by atoms with Crippen molar-refractivity contribution in [3.8, 4) is 21.8 Å². The van der Waals surface area contributed by atoms with Crippen molar-refractivity contribution in [1.82, 2.24) is 24.8 Å². The van der Waals surface area contributed by atoms with Gasteiger partial charge in [0.25, 0.3) is 5.56 Å². The third-order valence-corrected chi connectivity index (χ3v) is 6.52. The summed E-state index contributed by atoms with van der Waals surface area (Å²) in [7, 11) is 0. The Morgan fingerprint density at radius 1 is 1.07 bits per heavy atom. The maximum Gasteiger partial charge on any atom is 0.255 e. The van der Waals surface area contributed by atoms with Crippen molar-refractivity contribution in [2.45, 2.75) is 19.5 Å². The number of nitrogens with one attached hydrogen (secondary N) is 1. The molecule has 8 heteroatoms. The Morgan fingerprint density at radius 3 is 2.67 bits per heavy atom. The van der Waals surface area contributed by atoms with Crippen LogP contribution >= 0.6 is 22.9 Å². The van der Waals surface area contributed by atoms with E-state index in [4.69, 9.17) is 11.6 Å². The number of halogens is 1. The number of aromatic nitrogens is 4. The molecule has 6 nitrogen and oxygen atoms in total. The normalized spacial score (nSPS) is 13.9. The second-order valence-electron chi connectivity index (χ2n) is 7.20. The summed E-state index contributed by atoms with van der Waals surface area (Å²) in [5, 5.41) is 0.740. The van der Waals surface area contributed by atoms with Crippen molar-refractivity contribution >= 4 is 22.9 Å². The Labute approximate surface area is 182 Å². The molecule has 0 spiro atoms. The molecule has 3 aromatic heterocycles. The molecule has 30 heavy (non-hydrogen) atoms. The first kappa shape index (κ1) is 19.1. The van der Waals surface area contributed by atoms with Crippen molar-refractivity contribution < 1.29 is 0 Å². The van der Waals surface area contributed by atoms with Gasteiger partial charge in [-0.2, -0.15) is 0 Å². The molecule has 1 N–H and O–H groups in total. The van der Waals surface area contributed by atoms with E-state index in [2.05, 4.69) is 37.0 Å².